The van der Waals surface area contributed by atoms with E-state index >= 15 is 0 Å². The zero-order valence-corrected chi connectivity index (χ0v) is 11.2. The predicted molar refractivity (Wildman–Crippen MR) is 69.8 cm³/mol. The Bertz CT molecular complexity index is 463. The van der Waals surface area contributed by atoms with Crippen LogP contribution in [0.25, 0.3) is 0 Å². The lowest BCUT2D eigenvalue weighted by Gasteiger charge is -2.29. The van der Waals surface area contributed by atoms with Crippen molar-refractivity contribution in [2.75, 3.05) is 5.32 Å². The lowest BCUT2D eigenvalue weighted by molar-refractivity contribution is 0.548. The maximum absolute atomic E-state index is 12.1. The molecule has 1 aliphatic rings. The number of alkyl halides is 1. The summed E-state index contributed by atoms with van der Waals surface area (Å²) in [5, 5.41) is 3.03. The average molecular weight is 256 g/mol. The number of rotatable bonds is 4. The first-order valence-corrected chi connectivity index (χ1v) is 6.35. The Morgan fingerprint density at radius 2 is 2.24 bits per heavy atom. The van der Waals surface area contributed by atoms with Crippen LogP contribution in [0, 0.1) is 0 Å². The summed E-state index contributed by atoms with van der Waals surface area (Å²) >= 11 is 6.09. The van der Waals surface area contributed by atoms with Crippen LogP contribution in [0.15, 0.2) is 17.2 Å². The molecule has 94 valence electrons. The topological polar surface area (TPSA) is 46.9 Å². The zero-order chi connectivity index (χ0) is 12.6. The van der Waals surface area contributed by atoms with Gasteiger partial charge in [0.25, 0.3) is 5.56 Å². The fraction of sp³-hybridized carbons (Fsp3) is 0.667. The molecule has 1 aliphatic carbocycles. The van der Waals surface area contributed by atoms with Crippen LogP contribution in [0.4, 0.5) is 5.82 Å². The molecule has 1 fully saturated rings. The van der Waals surface area contributed by atoms with Crippen LogP contribution in [0.5, 0.6) is 0 Å². The minimum Gasteiger partial charge on any atom is -0.359 e. The van der Waals surface area contributed by atoms with E-state index in [1.165, 1.54) is 0 Å². The molecule has 1 saturated carbocycles. The molecule has 0 aromatic carbocycles. The fourth-order valence-corrected chi connectivity index (χ4v) is 1.61. The van der Waals surface area contributed by atoms with Gasteiger partial charge in [-0.2, -0.15) is 0 Å². The second-order valence-corrected chi connectivity index (χ2v) is 5.84. The standard InChI is InChI=1S/C12H18ClN3O/c1-8(13)12(2,3)15-10-11(17)16(7-6-14-10)9-4-5-9/h6-9H,4-5H2,1-3H3,(H,14,15). The van der Waals surface area contributed by atoms with E-state index in [0.717, 1.165) is 12.8 Å². The summed E-state index contributed by atoms with van der Waals surface area (Å²) in [7, 11) is 0. The molecule has 1 atom stereocenters. The number of anilines is 1. The van der Waals surface area contributed by atoms with Gasteiger partial charge in [-0.05, 0) is 33.6 Å². The smallest absolute Gasteiger partial charge is 0.293 e. The van der Waals surface area contributed by atoms with Gasteiger partial charge in [-0.3, -0.25) is 4.79 Å². The van der Waals surface area contributed by atoms with Crippen molar-refractivity contribution in [3.8, 4) is 0 Å². The van der Waals surface area contributed by atoms with Gasteiger partial charge >= 0.3 is 0 Å². The maximum Gasteiger partial charge on any atom is 0.293 e. The minimum absolute atomic E-state index is 0.0552. The van der Waals surface area contributed by atoms with Crippen LogP contribution in [0.2, 0.25) is 0 Å². The lowest BCUT2D eigenvalue weighted by atomic mass is 10.0. The summed E-state index contributed by atoms with van der Waals surface area (Å²) in [6, 6.07) is 0.364. The highest BCUT2D eigenvalue weighted by molar-refractivity contribution is 6.21. The normalized spacial score (nSPS) is 17.9. The Hall–Kier alpha value is -1.03. The predicted octanol–water partition coefficient (Wildman–Crippen LogP) is 2.40. The molecule has 0 aliphatic heterocycles. The molecule has 0 radical (unpaired) electrons. The average Bonchev–Trinajstić information content (AvgIpc) is 3.04. The van der Waals surface area contributed by atoms with Crippen LogP contribution in [-0.4, -0.2) is 20.5 Å². The molecule has 1 N–H and O–H groups in total. The summed E-state index contributed by atoms with van der Waals surface area (Å²) in [6.45, 7) is 5.82. The molecule has 1 heterocycles. The van der Waals surface area contributed by atoms with Crippen molar-refractivity contribution in [3.63, 3.8) is 0 Å². The number of nitrogens with zero attached hydrogens (tertiary/aromatic N) is 2. The third kappa shape index (κ3) is 2.63. The van der Waals surface area contributed by atoms with Crippen LogP contribution >= 0.6 is 11.6 Å². The van der Waals surface area contributed by atoms with Gasteiger partial charge < -0.3 is 9.88 Å². The molecule has 2 rings (SSSR count). The van der Waals surface area contributed by atoms with Crippen molar-refractivity contribution in [2.45, 2.75) is 50.6 Å². The van der Waals surface area contributed by atoms with E-state index in [4.69, 9.17) is 11.6 Å². The Kier molecular flexibility index (Phi) is 3.17. The molecule has 4 nitrogen and oxygen atoms in total. The first kappa shape index (κ1) is 12.4. The van der Waals surface area contributed by atoms with Gasteiger partial charge in [0.15, 0.2) is 5.82 Å². The van der Waals surface area contributed by atoms with Crippen molar-refractivity contribution < 1.29 is 0 Å². The van der Waals surface area contributed by atoms with Crippen molar-refractivity contribution in [2.24, 2.45) is 0 Å². The van der Waals surface area contributed by atoms with Gasteiger partial charge in [0.05, 0.1) is 5.38 Å². The number of halogens is 1. The van der Waals surface area contributed by atoms with Crippen molar-refractivity contribution >= 4 is 17.4 Å². The second-order valence-electron chi connectivity index (χ2n) is 5.18. The summed E-state index contributed by atoms with van der Waals surface area (Å²) in [4.78, 5) is 16.3. The molecule has 1 unspecified atom stereocenters. The van der Waals surface area contributed by atoms with E-state index in [9.17, 15) is 4.79 Å². The third-order valence-corrected chi connectivity index (χ3v) is 3.79. The summed E-state index contributed by atoms with van der Waals surface area (Å²) in [6.07, 6.45) is 5.58. The first-order chi connectivity index (χ1) is 7.92. The van der Waals surface area contributed by atoms with Gasteiger partial charge in [0.1, 0.15) is 0 Å². The summed E-state index contributed by atoms with van der Waals surface area (Å²) in [5.74, 6) is 0.386. The lowest BCUT2D eigenvalue weighted by Crippen LogP contribution is -2.41. The van der Waals surface area contributed by atoms with Gasteiger partial charge in [-0.1, -0.05) is 0 Å². The van der Waals surface area contributed by atoms with Crippen molar-refractivity contribution in [1.29, 1.82) is 0 Å². The summed E-state index contributed by atoms with van der Waals surface area (Å²) < 4.78 is 1.75. The summed E-state index contributed by atoms with van der Waals surface area (Å²) in [5.41, 5.74) is -0.420. The highest BCUT2D eigenvalue weighted by Crippen LogP contribution is 2.33. The second kappa shape index (κ2) is 4.33. The monoisotopic (exact) mass is 255 g/mol. The molecule has 1 aromatic heterocycles. The molecular weight excluding hydrogens is 238 g/mol. The van der Waals surface area contributed by atoms with Crippen molar-refractivity contribution in [1.82, 2.24) is 9.55 Å². The molecule has 5 heteroatoms. The quantitative estimate of drug-likeness (QED) is 0.841. The van der Waals surface area contributed by atoms with Gasteiger partial charge in [0.2, 0.25) is 0 Å². The highest BCUT2D eigenvalue weighted by atomic mass is 35.5. The van der Waals surface area contributed by atoms with Crippen LogP contribution < -0.4 is 10.9 Å². The number of hydrogen-bond donors (Lipinski definition) is 1. The van der Waals surface area contributed by atoms with Crippen LogP contribution in [-0.2, 0) is 0 Å². The van der Waals surface area contributed by atoms with Crippen molar-refractivity contribution in [3.05, 3.63) is 22.7 Å². The first-order valence-electron chi connectivity index (χ1n) is 5.91. The number of aromatic nitrogens is 2. The number of hydrogen-bond acceptors (Lipinski definition) is 3. The molecule has 17 heavy (non-hydrogen) atoms. The van der Waals surface area contributed by atoms with E-state index < -0.39 is 0 Å². The van der Waals surface area contributed by atoms with Gasteiger partial charge in [-0.15, -0.1) is 11.6 Å². The zero-order valence-electron chi connectivity index (χ0n) is 10.4. The fourth-order valence-electron chi connectivity index (χ4n) is 1.56. The Balaban J connectivity index is 2.27. The van der Waals surface area contributed by atoms with Crippen LogP contribution in [0.1, 0.15) is 39.7 Å². The van der Waals surface area contributed by atoms with E-state index in [0.29, 0.717) is 11.9 Å². The van der Waals surface area contributed by atoms with Crippen LogP contribution in [0.3, 0.4) is 0 Å². The Morgan fingerprint density at radius 3 is 2.76 bits per heavy atom. The Labute approximate surface area is 106 Å². The Morgan fingerprint density at radius 1 is 1.59 bits per heavy atom. The maximum atomic E-state index is 12.1. The van der Waals surface area contributed by atoms with E-state index in [-0.39, 0.29) is 16.5 Å². The minimum atomic E-state index is -0.365. The van der Waals surface area contributed by atoms with E-state index in [2.05, 4.69) is 10.3 Å². The molecule has 0 amide bonds. The van der Waals surface area contributed by atoms with E-state index in [1.54, 1.807) is 17.0 Å². The molecule has 0 saturated heterocycles. The number of nitrogens with one attached hydrogen (secondary N) is 1. The van der Waals surface area contributed by atoms with Gasteiger partial charge in [0, 0.05) is 24.0 Å². The largest absolute Gasteiger partial charge is 0.359 e. The molecule has 0 bridgehead atoms. The molecule has 0 spiro atoms. The van der Waals surface area contributed by atoms with Gasteiger partial charge in [-0.25, -0.2) is 4.98 Å². The highest BCUT2D eigenvalue weighted by Gasteiger charge is 2.28. The third-order valence-electron chi connectivity index (χ3n) is 3.24. The SMILES string of the molecule is CC(Cl)C(C)(C)Nc1nccn(C2CC2)c1=O. The molecular formula is C12H18ClN3O. The van der Waals surface area contributed by atoms with E-state index in [1.807, 2.05) is 20.8 Å². The molecule has 1 aromatic rings.